The number of ether oxygens (including phenoxy) is 1. The van der Waals surface area contributed by atoms with E-state index < -0.39 is 0 Å². The third kappa shape index (κ3) is 4.18. The summed E-state index contributed by atoms with van der Waals surface area (Å²) in [7, 11) is 0. The third-order valence-corrected chi connectivity index (χ3v) is 2.88. The number of benzene rings is 1. The van der Waals surface area contributed by atoms with E-state index in [-0.39, 0.29) is 5.82 Å². The molecule has 1 aromatic carbocycles. The average molecular weight is 295 g/mol. The van der Waals surface area contributed by atoms with E-state index in [9.17, 15) is 4.39 Å². The van der Waals surface area contributed by atoms with Crippen LogP contribution >= 0.6 is 11.6 Å². The number of nitrogens with zero attached hydrogens (tertiary/aromatic N) is 1. The number of halogens is 2. The molecule has 3 nitrogen and oxygen atoms in total. The van der Waals surface area contributed by atoms with Crippen molar-refractivity contribution >= 4 is 11.6 Å². The highest BCUT2D eigenvalue weighted by molar-refractivity contribution is 6.30. The highest BCUT2D eigenvalue weighted by Crippen LogP contribution is 2.25. The molecule has 0 aliphatic carbocycles. The molecular weight excluding hydrogens is 279 g/mol. The van der Waals surface area contributed by atoms with Crippen LogP contribution in [0.15, 0.2) is 36.5 Å². The molecule has 0 aliphatic heterocycles. The van der Waals surface area contributed by atoms with Gasteiger partial charge in [-0.15, -0.1) is 0 Å². The van der Waals surface area contributed by atoms with Gasteiger partial charge in [-0.2, -0.15) is 0 Å². The molecule has 2 aromatic rings. The molecule has 0 bridgehead atoms. The first-order chi connectivity index (χ1) is 9.69. The van der Waals surface area contributed by atoms with E-state index in [0.29, 0.717) is 28.8 Å². The van der Waals surface area contributed by atoms with Crippen LogP contribution in [0, 0.1) is 5.82 Å². The molecule has 0 amide bonds. The van der Waals surface area contributed by atoms with Crippen LogP contribution in [0.2, 0.25) is 5.02 Å². The van der Waals surface area contributed by atoms with Gasteiger partial charge in [-0.1, -0.05) is 24.6 Å². The molecule has 5 heteroatoms. The van der Waals surface area contributed by atoms with Crippen molar-refractivity contribution in [2.24, 2.45) is 0 Å². The van der Waals surface area contributed by atoms with Crippen molar-refractivity contribution in [2.75, 3.05) is 6.54 Å². The molecule has 0 aliphatic rings. The second-order valence-electron chi connectivity index (χ2n) is 4.35. The van der Waals surface area contributed by atoms with E-state index >= 15 is 0 Å². The van der Waals surface area contributed by atoms with Gasteiger partial charge in [0, 0.05) is 17.1 Å². The maximum atomic E-state index is 13.3. The van der Waals surface area contributed by atoms with Gasteiger partial charge in [0.05, 0.1) is 6.20 Å². The summed E-state index contributed by atoms with van der Waals surface area (Å²) in [4.78, 5) is 4.00. The van der Waals surface area contributed by atoms with Crippen LogP contribution in [0.1, 0.15) is 18.9 Å². The number of hydrogen-bond donors (Lipinski definition) is 1. The Bertz CT molecular complexity index is 578. The quantitative estimate of drug-likeness (QED) is 0.812. The first kappa shape index (κ1) is 14.8. The number of hydrogen-bond acceptors (Lipinski definition) is 3. The van der Waals surface area contributed by atoms with Gasteiger partial charge < -0.3 is 10.1 Å². The molecule has 1 N–H and O–H groups in total. The Kier molecular flexibility index (Phi) is 5.32. The highest BCUT2D eigenvalue weighted by Gasteiger charge is 2.08. The first-order valence-corrected chi connectivity index (χ1v) is 6.85. The van der Waals surface area contributed by atoms with Crippen molar-refractivity contribution < 1.29 is 9.13 Å². The minimum absolute atomic E-state index is 0.378. The van der Waals surface area contributed by atoms with Crippen molar-refractivity contribution in [1.82, 2.24) is 10.3 Å². The van der Waals surface area contributed by atoms with Gasteiger partial charge in [-0.05, 0) is 37.2 Å². The van der Waals surface area contributed by atoms with E-state index in [0.717, 1.165) is 19.2 Å². The van der Waals surface area contributed by atoms with Crippen molar-refractivity contribution in [3.8, 4) is 11.6 Å². The van der Waals surface area contributed by atoms with Crippen LogP contribution in [0.25, 0.3) is 0 Å². The molecule has 0 saturated carbocycles. The zero-order chi connectivity index (χ0) is 14.4. The van der Waals surface area contributed by atoms with Crippen LogP contribution in [-0.4, -0.2) is 11.5 Å². The number of pyridine rings is 1. The molecule has 0 spiro atoms. The van der Waals surface area contributed by atoms with E-state index in [1.54, 1.807) is 24.3 Å². The minimum atomic E-state index is -0.378. The summed E-state index contributed by atoms with van der Waals surface area (Å²) in [5.74, 6) is 0.586. The summed E-state index contributed by atoms with van der Waals surface area (Å²) < 4.78 is 19.0. The highest BCUT2D eigenvalue weighted by atomic mass is 35.5. The summed E-state index contributed by atoms with van der Waals surface area (Å²) in [5, 5.41) is 3.78. The molecule has 0 fully saturated rings. The number of rotatable bonds is 6. The number of nitrogens with one attached hydrogen (secondary N) is 1. The van der Waals surface area contributed by atoms with Gasteiger partial charge in [-0.25, -0.2) is 9.37 Å². The summed E-state index contributed by atoms with van der Waals surface area (Å²) in [6, 6.07) is 8.44. The van der Waals surface area contributed by atoms with Gasteiger partial charge >= 0.3 is 0 Å². The lowest BCUT2D eigenvalue weighted by Gasteiger charge is -2.11. The molecule has 1 aromatic heterocycles. The first-order valence-electron chi connectivity index (χ1n) is 6.47. The molecular formula is C15H16ClFN2O. The van der Waals surface area contributed by atoms with Crippen LogP contribution in [0.4, 0.5) is 4.39 Å². The predicted octanol–water partition coefficient (Wildman–Crippen LogP) is 4.17. The standard InChI is InChI=1S/C15H16ClFN2O/c1-2-6-18-9-11-7-13(17)10-19-15(11)20-14-5-3-4-12(16)8-14/h3-5,7-8,10,18H,2,6,9H2,1H3. The minimum Gasteiger partial charge on any atom is -0.439 e. The van der Waals surface area contributed by atoms with Crippen molar-refractivity contribution in [1.29, 1.82) is 0 Å². The molecule has 0 unspecified atom stereocenters. The fourth-order valence-electron chi connectivity index (χ4n) is 1.73. The summed E-state index contributed by atoms with van der Waals surface area (Å²) in [6.07, 6.45) is 2.15. The van der Waals surface area contributed by atoms with Crippen LogP contribution in [-0.2, 0) is 6.54 Å². The van der Waals surface area contributed by atoms with Gasteiger partial charge in [0.15, 0.2) is 0 Å². The lowest BCUT2D eigenvalue weighted by Crippen LogP contribution is -2.15. The van der Waals surface area contributed by atoms with E-state index in [4.69, 9.17) is 16.3 Å². The normalized spacial score (nSPS) is 10.6. The molecule has 0 saturated heterocycles. The van der Waals surface area contributed by atoms with Gasteiger partial charge in [-0.3, -0.25) is 0 Å². The van der Waals surface area contributed by atoms with Gasteiger partial charge in [0.25, 0.3) is 0 Å². The monoisotopic (exact) mass is 294 g/mol. The maximum Gasteiger partial charge on any atom is 0.223 e. The zero-order valence-corrected chi connectivity index (χ0v) is 12.0. The third-order valence-electron chi connectivity index (χ3n) is 2.64. The Labute approximate surface area is 122 Å². The maximum absolute atomic E-state index is 13.3. The molecule has 1 heterocycles. The Balaban J connectivity index is 2.17. The molecule has 106 valence electrons. The van der Waals surface area contributed by atoms with Crippen molar-refractivity contribution in [3.63, 3.8) is 0 Å². The van der Waals surface area contributed by atoms with Crippen molar-refractivity contribution in [3.05, 3.63) is 52.9 Å². The van der Waals surface area contributed by atoms with E-state index in [1.165, 1.54) is 6.07 Å². The van der Waals surface area contributed by atoms with Crippen molar-refractivity contribution in [2.45, 2.75) is 19.9 Å². The van der Waals surface area contributed by atoms with E-state index in [1.807, 2.05) is 0 Å². The Morgan fingerprint density at radius 3 is 2.95 bits per heavy atom. The second-order valence-corrected chi connectivity index (χ2v) is 4.79. The topological polar surface area (TPSA) is 34.2 Å². The van der Waals surface area contributed by atoms with Gasteiger partial charge in [0.2, 0.25) is 5.88 Å². The molecule has 0 radical (unpaired) electrons. The zero-order valence-electron chi connectivity index (χ0n) is 11.2. The molecule has 2 rings (SSSR count). The Hall–Kier alpha value is -1.65. The summed E-state index contributed by atoms with van der Waals surface area (Å²) >= 11 is 5.91. The predicted molar refractivity (Wildman–Crippen MR) is 77.7 cm³/mol. The number of aromatic nitrogens is 1. The Morgan fingerprint density at radius 1 is 1.35 bits per heavy atom. The summed E-state index contributed by atoms with van der Waals surface area (Å²) in [6.45, 7) is 3.43. The second kappa shape index (κ2) is 7.22. The molecule has 0 atom stereocenters. The molecule has 20 heavy (non-hydrogen) atoms. The largest absolute Gasteiger partial charge is 0.439 e. The lowest BCUT2D eigenvalue weighted by molar-refractivity contribution is 0.448. The van der Waals surface area contributed by atoms with Crippen LogP contribution in [0.5, 0.6) is 11.6 Å². The van der Waals surface area contributed by atoms with Gasteiger partial charge in [0.1, 0.15) is 11.6 Å². The fraction of sp³-hybridized carbons (Fsp3) is 0.267. The van der Waals surface area contributed by atoms with Crippen LogP contribution in [0.3, 0.4) is 0 Å². The fourth-order valence-corrected chi connectivity index (χ4v) is 1.91. The van der Waals surface area contributed by atoms with E-state index in [2.05, 4.69) is 17.2 Å². The van der Waals surface area contributed by atoms with Crippen LogP contribution < -0.4 is 10.1 Å². The Morgan fingerprint density at radius 2 is 2.20 bits per heavy atom. The SMILES string of the molecule is CCCNCc1cc(F)cnc1Oc1cccc(Cl)c1. The smallest absolute Gasteiger partial charge is 0.223 e. The lowest BCUT2D eigenvalue weighted by atomic mass is 10.2. The summed E-state index contributed by atoms with van der Waals surface area (Å²) in [5.41, 5.74) is 0.679. The average Bonchev–Trinajstić information content (AvgIpc) is 2.42.